The molecule has 3 heterocycles. The first-order chi connectivity index (χ1) is 17.7. The Bertz CT molecular complexity index is 1310. The maximum absolute atomic E-state index is 13.6. The zero-order valence-corrected chi connectivity index (χ0v) is 22.7. The van der Waals surface area contributed by atoms with Gasteiger partial charge < -0.3 is 18.9 Å². The highest BCUT2D eigenvalue weighted by Gasteiger charge is 2.37. The number of hydrogen-bond donors (Lipinski definition) is 1. The van der Waals surface area contributed by atoms with E-state index in [0.29, 0.717) is 41.1 Å². The lowest BCUT2D eigenvalue weighted by molar-refractivity contribution is 0.0950. The van der Waals surface area contributed by atoms with E-state index in [1.54, 1.807) is 22.8 Å². The summed E-state index contributed by atoms with van der Waals surface area (Å²) in [4.78, 5) is 8.25. The van der Waals surface area contributed by atoms with Crippen molar-refractivity contribution in [2.45, 2.75) is 43.6 Å². The third-order valence-corrected chi connectivity index (χ3v) is 8.21. The number of nitrogens with zero attached hydrogens (tertiary/aromatic N) is 5. The van der Waals surface area contributed by atoms with Gasteiger partial charge in [-0.1, -0.05) is 17.7 Å². The molecule has 12 nitrogen and oxygen atoms in total. The molecule has 1 fully saturated rings. The van der Waals surface area contributed by atoms with Gasteiger partial charge in [0, 0.05) is 32.0 Å². The van der Waals surface area contributed by atoms with Gasteiger partial charge in [-0.2, -0.15) is 0 Å². The molecule has 1 aromatic carbocycles. The Kier molecular flexibility index (Phi) is 8.17. The Morgan fingerprint density at radius 3 is 2.32 bits per heavy atom. The third kappa shape index (κ3) is 5.35. The van der Waals surface area contributed by atoms with Gasteiger partial charge in [0.15, 0.2) is 5.82 Å². The maximum Gasteiger partial charge on any atom is 0.243 e. The molecule has 1 aliphatic heterocycles. The molecule has 37 heavy (non-hydrogen) atoms. The van der Waals surface area contributed by atoms with E-state index < -0.39 is 21.4 Å². The van der Waals surface area contributed by atoms with Gasteiger partial charge in [-0.3, -0.25) is 9.29 Å². The first kappa shape index (κ1) is 27.0. The number of aromatic nitrogens is 5. The van der Waals surface area contributed by atoms with E-state index in [0.717, 1.165) is 0 Å². The van der Waals surface area contributed by atoms with Crippen LogP contribution in [-0.2, 0) is 19.5 Å². The molecule has 4 rings (SSSR count). The minimum Gasteiger partial charge on any atom is -0.494 e. The highest BCUT2D eigenvalue weighted by molar-refractivity contribution is 7.93. The summed E-state index contributed by atoms with van der Waals surface area (Å²) >= 11 is 5.88. The van der Waals surface area contributed by atoms with Crippen LogP contribution in [0, 0.1) is 0 Å². The van der Waals surface area contributed by atoms with Gasteiger partial charge in [0.05, 0.1) is 25.3 Å². The fourth-order valence-electron chi connectivity index (χ4n) is 4.30. The van der Waals surface area contributed by atoms with Crippen molar-refractivity contribution >= 4 is 27.6 Å². The van der Waals surface area contributed by atoms with Crippen LogP contribution in [-0.4, -0.2) is 72.4 Å². The first-order valence-electron chi connectivity index (χ1n) is 11.5. The number of para-hydroxylation sites is 1. The number of sulfonamides is 1. The molecule has 0 unspecified atom stereocenters. The van der Waals surface area contributed by atoms with Crippen LogP contribution in [0.2, 0.25) is 5.02 Å². The van der Waals surface area contributed by atoms with Gasteiger partial charge in [-0.05, 0) is 32.4 Å². The second-order valence-corrected chi connectivity index (χ2v) is 10.9. The zero-order chi connectivity index (χ0) is 26.7. The number of anilines is 1. The summed E-state index contributed by atoms with van der Waals surface area (Å²) in [5.74, 6) is 1.43. The van der Waals surface area contributed by atoms with Crippen molar-refractivity contribution in [3.05, 3.63) is 47.3 Å². The normalized spacial score (nSPS) is 19.4. The van der Waals surface area contributed by atoms with Gasteiger partial charge in [0.25, 0.3) is 0 Å². The maximum atomic E-state index is 13.6. The number of halogens is 1. The molecule has 14 heteroatoms. The van der Waals surface area contributed by atoms with Gasteiger partial charge >= 0.3 is 0 Å². The van der Waals surface area contributed by atoms with Crippen molar-refractivity contribution in [3.63, 3.8) is 0 Å². The van der Waals surface area contributed by atoms with E-state index in [1.165, 1.54) is 40.6 Å². The summed E-state index contributed by atoms with van der Waals surface area (Å²) in [5, 5.41) is 7.81. The minimum atomic E-state index is -4.10. The number of nitrogens with one attached hydrogen (secondary N) is 1. The molecule has 1 aliphatic rings. The summed E-state index contributed by atoms with van der Waals surface area (Å²) in [5.41, 5.74) is 0.460. The Morgan fingerprint density at radius 2 is 1.78 bits per heavy atom. The standard InChI is InChI=1S/C23H29ClN6O6S/c1-13-16(9-10-36-13)22-27-28-23(30(22)19-17(33-3)7-6-8-18(19)34-4)29-37(31,32)14(2)20(35-5)21-25-11-15(24)12-26-21/h6-8,11-14,16,20H,9-10H2,1-5H3,(H,28,29)/t13-,14-,16-,20-/m0/s1. The molecular weight excluding hydrogens is 524 g/mol. The molecule has 0 bridgehead atoms. The van der Waals surface area contributed by atoms with Crippen LogP contribution < -0.4 is 14.2 Å². The van der Waals surface area contributed by atoms with E-state index in [4.69, 9.17) is 30.5 Å². The first-order valence-corrected chi connectivity index (χ1v) is 13.4. The van der Waals surface area contributed by atoms with Crippen LogP contribution in [0.4, 0.5) is 5.95 Å². The Morgan fingerprint density at radius 1 is 1.14 bits per heavy atom. The fourth-order valence-corrected chi connectivity index (χ4v) is 5.53. The van der Waals surface area contributed by atoms with E-state index in [9.17, 15) is 8.42 Å². The molecule has 2 aromatic heterocycles. The van der Waals surface area contributed by atoms with Gasteiger partial charge in [-0.25, -0.2) is 18.4 Å². The third-order valence-electron chi connectivity index (χ3n) is 6.32. The molecule has 3 aromatic rings. The number of hydrogen-bond acceptors (Lipinski definition) is 10. The predicted molar refractivity (Wildman–Crippen MR) is 136 cm³/mol. The number of methoxy groups -OCH3 is 3. The summed E-state index contributed by atoms with van der Waals surface area (Å²) in [6.07, 6.45) is 2.33. The zero-order valence-electron chi connectivity index (χ0n) is 21.1. The lowest BCUT2D eigenvalue weighted by Gasteiger charge is -2.23. The average molecular weight is 553 g/mol. The van der Waals surface area contributed by atoms with Crippen molar-refractivity contribution < 1.29 is 27.4 Å². The minimum absolute atomic E-state index is 0.0318. The highest BCUT2D eigenvalue weighted by Crippen LogP contribution is 2.40. The number of rotatable bonds is 10. The summed E-state index contributed by atoms with van der Waals surface area (Å²) in [6.45, 7) is 3.99. The second kappa shape index (κ2) is 11.2. The van der Waals surface area contributed by atoms with Crippen molar-refractivity contribution in [3.8, 4) is 17.2 Å². The van der Waals surface area contributed by atoms with Crippen molar-refractivity contribution in [2.75, 3.05) is 32.7 Å². The molecule has 0 amide bonds. The van der Waals surface area contributed by atoms with Crippen molar-refractivity contribution in [1.29, 1.82) is 0 Å². The van der Waals surface area contributed by atoms with E-state index in [1.807, 2.05) is 6.92 Å². The Hall–Kier alpha value is -3.00. The average Bonchev–Trinajstić information content (AvgIpc) is 3.49. The topological polar surface area (TPSA) is 140 Å². The molecule has 0 radical (unpaired) electrons. The van der Waals surface area contributed by atoms with Gasteiger partial charge in [-0.15, -0.1) is 10.2 Å². The van der Waals surface area contributed by atoms with Crippen LogP contribution in [0.25, 0.3) is 5.69 Å². The van der Waals surface area contributed by atoms with Crippen LogP contribution in [0.3, 0.4) is 0 Å². The summed E-state index contributed by atoms with van der Waals surface area (Å²) < 4.78 is 53.8. The molecule has 200 valence electrons. The van der Waals surface area contributed by atoms with Crippen LogP contribution in [0.1, 0.15) is 43.9 Å². The van der Waals surface area contributed by atoms with E-state index in [2.05, 4.69) is 24.9 Å². The van der Waals surface area contributed by atoms with Gasteiger partial charge in [0.2, 0.25) is 16.0 Å². The van der Waals surface area contributed by atoms with Crippen LogP contribution >= 0.6 is 11.6 Å². The molecule has 1 N–H and O–H groups in total. The Balaban J connectivity index is 1.80. The Labute approximate surface area is 220 Å². The smallest absolute Gasteiger partial charge is 0.243 e. The fraction of sp³-hybridized carbons (Fsp3) is 0.478. The molecule has 0 aliphatic carbocycles. The van der Waals surface area contributed by atoms with E-state index >= 15 is 0 Å². The van der Waals surface area contributed by atoms with E-state index in [-0.39, 0.29) is 23.8 Å². The molecule has 4 atom stereocenters. The monoisotopic (exact) mass is 552 g/mol. The molecule has 1 saturated heterocycles. The second-order valence-electron chi connectivity index (χ2n) is 8.47. The quantitative estimate of drug-likeness (QED) is 0.399. The number of ether oxygens (including phenoxy) is 4. The van der Waals surface area contributed by atoms with Crippen LogP contribution in [0.5, 0.6) is 11.5 Å². The molecule has 0 spiro atoms. The van der Waals surface area contributed by atoms with Gasteiger partial charge in [0.1, 0.15) is 34.4 Å². The predicted octanol–water partition coefficient (Wildman–Crippen LogP) is 3.14. The largest absolute Gasteiger partial charge is 0.494 e. The lowest BCUT2D eigenvalue weighted by Crippen LogP contribution is -2.33. The van der Waals surface area contributed by atoms with Crippen molar-refractivity contribution in [2.24, 2.45) is 0 Å². The molecular formula is C23H29ClN6O6S. The summed E-state index contributed by atoms with van der Waals surface area (Å²) in [6, 6.07) is 5.26. The molecule has 0 saturated carbocycles. The SMILES string of the molecule is COc1cccc(OC)c1-n1c(NS(=O)(=O)[C@@H](C)[C@H](OC)c2ncc(Cl)cn2)nnc1[C@H]1CCO[C@H]1C. The number of benzene rings is 1. The lowest BCUT2D eigenvalue weighted by atomic mass is 10.0. The highest BCUT2D eigenvalue weighted by atomic mass is 35.5. The van der Waals surface area contributed by atoms with Crippen molar-refractivity contribution in [1.82, 2.24) is 24.7 Å². The summed E-state index contributed by atoms with van der Waals surface area (Å²) in [7, 11) is 0.322. The van der Waals surface area contributed by atoms with Crippen LogP contribution in [0.15, 0.2) is 30.6 Å².